The van der Waals surface area contributed by atoms with E-state index in [1.807, 2.05) is 6.92 Å². The number of nitrogens with zero attached hydrogens (tertiary/aromatic N) is 3. The Morgan fingerprint density at radius 2 is 1.54 bits per heavy atom. The Morgan fingerprint density at radius 3 is 2.08 bits per heavy atom. The molecule has 0 radical (unpaired) electrons. The van der Waals surface area contributed by atoms with Gasteiger partial charge in [0.15, 0.2) is 5.82 Å². The summed E-state index contributed by atoms with van der Waals surface area (Å²) in [4.78, 5) is 8.30. The molecule has 0 amide bonds. The molecule has 3 aromatic rings. The van der Waals surface area contributed by atoms with E-state index in [1.165, 1.54) is 12.1 Å². The van der Waals surface area contributed by atoms with Crippen molar-refractivity contribution < 1.29 is 13.2 Å². The van der Waals surface area contributed by atoms with Crippen LogP contribution in [0.4, 0.5) is 13.2 Å². The van der Waals surface area contributed by atoms with E-state index in [-0.39, 0.29) is 28.1 Å². The van der Waals surface area contributed by atoms with Crippen LogP contribution in [0.1, 0.15) is 24.5 Å². The highest BCUT2D eigenvalue weighted by Crippen LogP contribution is 2.31. The van der Waals surface area contributed by atoms with Gasteiger partial charge in [0.25, 0.3) is 0 Å². The van der Waals surface area contributed by atoms with Gasteiger partial charge in [0.2, 0.25) is 0 Å². The Balaban J connectivity index is 2.01. The van der Waals surface area contributed by atoms with Gasteiger partial charge in [-0.05, 0) is 41.8 Å². The van der Waals surface area contributed by atoms with E-state index in [9.17, 15) is 13.2 Å². The van der Waals surface area contributed by atoms with Crippen molar-refractivity contribution in [3.05, 3.63) is 71.3 Å². The molecule has 26 heavy (non-hydrogen) atoms. The minimum absolute atomic E-state index is 0.0160. The van der Waals surface area contributed by atoms with Crippen LogP contribution in [0.2, 0.25) is 0 Å². The zero-order valence-electron chi connectivity index (χ0n) is 13.9. The van der Waals surface area contributed by atoms with Crippen molar-refractivity contribution in [3.8, 4) is 28.6 Å². The summed E-state index contributed by atoms with van der Waals surface area (Å²) in [6.45, 7) is 2.03. The molecule has 0 saturated carbocycles. The third-order valence-corrected chi connectivity index (χ3v) is 3.92. The third-order valence-electron chi connectivity index (χ3n) is 3.92. The zero-order chi connectivity index (χ0) is 18.7. The molecule has 0 N–H and O–H groups in total. The highest BCUT2D eigenvalue weighted by Gasteiger charge is 2.16. The molecule has 1 heterocycles. The van der Waals surface area contributed by atoms with Crippen LogP contribution in [0.25, 0.3) is 22.5 Å². The van der Waals surface area contributed by atoms with Gasteiger partial charge >= 0.3 is 0 Å². The van der Waals surface area contributed by atoms with Crippen molar-refractivity contribution in [3.63, 3.8) is 0 Å². The molecule has 0 unspecified atom stereocenters. The van der Waals surface area contributed by atoms with Crippen LogP contribution in [-0.4, -0.2) is 9.97 Å². The lowest BCUT2D eigenvalue weighted by Crippen LogP contribution is -1.97. The number of aromatic nitrogens is 2. The van der Waals surface area contributed by atoms with Crippen molar-refractivity contribution in [1.82, 2.24) is 9.97 Å². The number of aryl methyl sites for hydroxylation is 1. The quantitative estimate of drug-likeness (QED) is 0.659. The first kappa shape index (κ1) is 17.6. The fourth-order valence-electron chi connectivity index (χ4n) is 2.66. The van der Waals surface area contributed by atoms with E-state index < -0.39 is 17.5 Å². The SMILES string of the molecule is CCCc1cnc(-c2cc(F)c(-c3ccc(C#N)c(F)c3)c(F)c2)nc1. The highest BCUT2D eigenvalue weighted by molar-refractivity contribution is 5.70. The topological polar surface area (TPSA) is 49.6 Å². The minimum atomic E-state index is -0.856. The summed E-state index contributed by atoms with van der Waals surface area (Å²) in [7, 11) is 0. The molecule has 0 saturated heterocycles. The average molecular weight is 353 g/mol. The van der Waals surface area contributed by atoms with Crippen molar-refractivity contribution in [1.29, 1.82) is 5.26 Å². The van der Waals surface area contributed by atoms with Gasteiger partial charge in [0.05, 0.1) is 11.1 Å². The second-order valence-electron chi connectivity index (χ2n) is 5.79. The second-order valence-corrected chi connectivity index (χ2v) is 5.79. The van der Waals surface area contributed by atoms with E-state index >= 15 is 0 Å². The number of rotatable bonds is 4. The Labute approximate surface area is 148 Å². The molecule has 0 spiro atoms. The van der Waals surface area contributed by atoms with Crippen molar-refractivity contribution >= 4 is 0 Å². The second kappa shape index (κ2) is 7.36. The molecule has 1 aromatic heterocycles. The maximum atomic E-state index is 14.5. The smallest absolute Gasteiger partial charge is 0.159 e. The number of hydrogen-bond donors (Lipinski definition) is 0. The molecule has 2 aromatic carbocycles. The summed E-state index contributed by atoms with van der Waals surface area (Å²) in [6, 6.07) is 7.33. The normalized spacial score (nSPS) is 10.6. The van der Waals surface area contributed by atoms with Gasteiger partial charge in [-0.15, -0.1) is 0 Å². The van der Waals surface area contributed by atoms with Crippen molar-refractivity contribution in [2.24, 2.45) is 0 Å². The predicted molar refractivity (Wildman–Crippen MR) is 91.5 cm³/mol. The van der Waals surface area contributed by atoms with Gasteiger partial charge in [-0.1, -0.05) is 19.4 Å². The minimum Gasteiger partial charge on any atom is -0.236 e. The lowest BCUT2D eigenvalue weighted by molar-refractivity contribution is 0.589. The summed E-state index contributed by atoms with van der Waals surface area (Å²) in [5.74, 6) is -2.33. The Kier molecular flexibility index (Phi) is 4.99. The monoisotopic (exact) mass is 353 g/mol. The summed E-state index contributed by atoms with van der Waals surface area (Å²) in [6.07, 6.45) is 5.03. The van der Waals surface area contributed by atoms with Gasteiger partial charge in [-0.3, -0.25) is 0 Å². The van der Waals surface area contributed by atoms with Gasteiger partial charge in [-0.2, -0.15) is 5.26 Å². The van der Waals surface area contributed by atoms with Crippen LogP contribution < -0.4 is 0 Å². The van der Waals surface area contributed by atoms with Crippen LogP contribution in [-0.2, 0) is 6.42 Å². The lowest BCUT2D eigenvalue weighted by Gasteiger charge is -2.09. The fraction of sp³-hybridized carbons (Fsp3) is 0.150. The maximum Gasteiger partial charge on any atom is 0.159 e. The molecule has 130 valence electrons. The molecule has 0 fully saturated rings. The van der Waals surface area contributed by atoms with E-state index in [2.05, 4.69) is 9.97 Å². The molecule has 0 aliphatic carbocycles. The van der Waals surface area contributed by atoms with E-state index in [0.717, 1.165) is 36.6 Å². The molecular formula is C20H14F3N3. The molecule has 0 atom stereocenters. The maximum absolute atomic E-state index is 14.5. The van der Waals surface area contributed by atoms with Gasteiger partial charge in [0.1, 0.15) is 23.5 Å². The highest BCUT2D eigenvalue weighted by atomic mass is 19.1. The molecule has 3 nitrogen and oxygen atoms in total. The number of halogens is 3. The summed E-state index contributed by atoms with van der Waals surface area (Å²) in [5.41, 5.74) is 0.608. The van der Waals surface area contributed by atoms with Crippen LogP contribution >= 0.6 is 0 Å². The van der Waals surface area contributed by atoms with Crippen molar-refractivity contribution in [2.75, 3.05) is 0 Å². The van der Waals surface area contributed by atoms with Gasteiger partial charge < -0.3 is 0 Å². The van der Waals surface area contributed by atoms with Crippen LogP contribution in [0.3, 0.4) is 0 Å². The first-order valence-corrected chi connectivity index (χ1v) is 8.03. The molecule has 0 aliphatic heterocycles. The average Bonchev–Trinajstić information content (AvgIpc) is 2.62. The van der Waals surface area contributed by atoms with E-state index in [1.54, 1.807) is 18.5 Å². The first-order chi connectivity index (χ1) is 12.5. The summed E-state index contributed by atoms with van der Waals surface area (Å²) < 4.78 is 42.8. The Hall–Kier alpha value is -3.20. The number of hydrogen-bond acceptors (Lipinski definition) is 3. The molecule has 0 bridgehead atoms. The third kappa shape index (κ3) is 3.42. The van der Waals surface area contributed by atoms with Gasteiger partial charge in [0, 0.05) is 18.0 Å². The molecular weight excluding hydrogens is 339 g/mol. The Morgan fingerprint density at radius 1 is 0.923 bits per heavy atom. The van der Waals surface area contributed by atoms with E-state index in [0.29, 0.717) is 0 Å². The predicted octanol–water partition coefficient (Wildman–Crippen LogP) is 5.05. The van der Waals surface area contributed by atoms with Crippen LogP contribution in [0, 0.1) is 28.8 Å². The van der Waals surface area contributed by atoms with Crippen LogP contribution in [0.15, 0.2) is 42.7 Å². The van der Waals surface area contributed by atoms with Crippen LogP contribution in [0.5, 0.6) is 0 Å². The molecule has 0 aliphatic rings. The van der Waals surface area contributed by atoms with E-state index in [4.69, 9.17) is 5.26 Å². The lowest BCUT2D eigenvalue weighted by atomic mass is 10.0. The molecule has 6 heteroatoms. The fourth-order valence-corrected chi connectivity index (χ4v) is 2.66. The Bertz CT molecular complexity index is 969. The summed E-state index contributed by atoms with van der Waals surface area (Å²) >= 11 is 0. The number of nitriles is 1. The molecule has 3 rings (SSSR count). The van der Waals surface area contributed by atoms with Gasteiger partial charge in [-0.25, -0.2) is 23.1 Å². The number of benzene rings is 2. The largest absolute Gasteiger partial charge is 0.236 e. The standard InChI is InChI=1S/C20H14F3N3/c1-2-3-12-10-25-20(26-11-12)15-7-17(22)19(18(23)8-15)13-4-5-14(9-24)16(21)6-13/h4-8,10-11H,2-3H2,1H3. The van der Waals surface area contributed by atoms with Crippen molar-refractivity contribution in [2.45, 2.75) is 19.8 Å². The summed E-state index contributed by atoms with van der Waals surface area (Å²) in [5, 5.41) is 8.75. The zero-order valence-corrected chi connectivity index (χ0v) is 13.9. The first-order valence-electron chi connectivity index (χ1n) is 8.03.